The minimum atomic E-state index is -0.965. The molecular formula is C74H124N6O17. The Morgan fingerprint density at radius 3 is 0.835 bits per heavy atom. The zero-order valence-electron chi connectivity index (χ0n) is 63.3. The molecule has 1 aromatic carbocycles. The molecule has 552 valence electrons. The van der Waals surface area contributed by atoms with Gasteiger partial charge in [0.1, 0.15) is 36.6 Å². The van der Waals surface area contributed by atoms with E-state index in [1.807, 2.05) is 137 Å². The molecule has 23 nitrogen and oxygen atoms in total. The van der Waals surface area contributed by atoms with Crippen LogP contribution in [0.15, 0.2) is 12.1 Å². The average Bonchev–Trinajstić information content (AvgIpc) is 0.792. The molecule has 5 N–H and O–H groups in total. The summed E-state index contributed by atoms with van der Waals surface area (Å²) >= 11 is 0. The first kappa shape index (κ1) is 79.9. The Morgan fingerprint density at radius 1 is 0.340 bits per heavy atom. The fourth-order valence-electron chi connectivity index (χ4n) is 18.0. The van der Waals surface area contributed by atoms with Gasteiger partial charge in [0.25, 0.3) is 0 Å². The Hall–Kier alpha value is -4.40. The SMILES string of the molecule is CC1(C)CC(OC(=O)c2cc(C(=O)OC3CC(C)(C)N(O)C(C)(C)C3)c(C(=O)OC3CC(C)(C)N(O)C(C)(C)C3)cc2C(=O)OC2CC(C)(C)N(O)C(C)(C)C2)CC(C)(CON2C(C)(C)CC(OC(=O)CCCCCCCCC(=O)OC3CC(C)(C)N(O)C(C)(C)C3)CC2(C)C)N1. The van der Waals surface area contributed by atoms with Gasteiger partial charge in [-0.05, 0) is 184 Å². The number of hydrogen-bond acceptors (Lipinski definition) is 23. The summed E-state index contributed by atoms with van der Waals surface area (Å²) in [6, 6.07) is 2.33. The van der Waals surface area contributed by atoms with Gasteiger partial charge >= 0.3 is 35.8 Å². The lowest BCUT2D eigenvalue weighted by molar-refractivity contribution is -0.301. The Bertz CT molecular complexity index is 2930. The molecule has 6 heterocycles. The molecular weight excluding hydrogens is 1240 g/mol. The van der Waals surface area contributed by atoms with Crippen molar-refractivity contribution in [1.82, 2.24) is 30.6 Å². The highest BCUT2D eigenvalue weighted by atomic mass is 16.7. The molecule has 97 heavy (non-hydrogen) atoms. The van der Waals surface area contributed by atoms with Crippen LogP contribution in [-0.2, 0) is 42.8 Å². The molecule has 7 rings (SSSR count). The predicted octanol–water partition coefficient (Wildman–Crippen LogP) is 13.4. The molecule has 0 aromatic heterocycles. The third-order valence-electron chi connectivity index (χ3n) is 21.3. The molecule has 6 aliphatic heterocycles. The molecule has 0 amide bonds. The first-order valence-electron chi connectivity index (χ1n) is 35.7. The van der Waals surface area contributed by atoms with Crippen LogP contribution in [0.2, 0.25) is 0 Å². The maximum absolute atomic E-state index is 15.3. The van der Waals surface area contributed by atoms with Gasteiger partial charge in [-0.1, -0.05) is 25.7 Å². The highest BCUT2D eigenvalue weighted by molar-refractivity contribution is 6.10. The topological polar surface area (TPSA) is 276 Å². The second-order valence-electron chi connectivity index (χ2n) is 36.9. The van der Waals surface area contributed by atoms with Crippen LogP contribution in [-0.4, -0.2) is 192 Å². The van der Waals surface area contributed by atoms with E-state index in [2.05, 4.69) is 33.0 Å². The van der Waals surface area contributed by atoms with Crippen LogP contribution in [0.25, 0.3) is 0 Å². The third-order valence-corrected chi connectivity index (χ3v) is 21.3. The minimum Gasteiger partial charge on any atom is -0.462 e. The van der Waals surface area contributed by atoms with Crippen molar-refractivity contribution < 1.29 is 82.9 Å². The number of ether oxygens (including phenoxy) is 6. The molecule has 23 heteroatoms. The summed E-state index contributed by atoms with van der Waals surface area (Å²) in [5.74, 6) is -4.29. The zero-order valence-corrected chi connectivity index (χ0v) is 63.3. The summed E-state index contributed by atoms with van der Waals surface area (Å²) in [5.41, 5.74) is -10.00. The number of nitrogens with zero attached hydrogens (tertiary/aromatic N) is 5. The van der Waals surface area contributed by atoms with Gasteiger partial charge in [0.2, 0.25) is 0 Å². The van der Waals surface area contributed by atoms with Gasteiger partial charge in [0.15, 0.2) is 0 Å². The summed E-state index contributed by atoms with van der Waals surface area (Å²) in [4.78, 5) is 93.3. The first-order valence-corrected chi connectivity index (χ1v) is 35.7. The number of hydrogen-bond donors (Lipinski definition) is 5. The molecule has 6 aliphatic rings. The number of carbonyl (C=O) groups is 6. The van der Waals surface area contributed by atoms with Crippen LogP contribution in [0.5, 0.6) is 0 Å². The maximum Gasteiger partial charge on any atom is 0.339 e. The molecule has 6 fully saturated rings. The van der Waals surface area contributed by atoms with E-state index in [0.717, 1.165) is 38.2 Å². The molecule has 2 unspecified atom stereocenters. The number of carbonyl (C=O) groups excluding carboxylic acids is 6. The standard InChI is InChI=1S/C74H124N6O17/c1-63(2)34-47(45-74(23,75-63)46-91-80-72(19,20)43-49(44-73(80,21)22)93-58(82)31-29-27-25-24-26-28-30-57(81)92-48-35-64(3,4)76(87)65(5,6)36-48)94-59(83)53-32-55(61(85)96-51-39-68(11,12)78(89)69(13,14)40-51)56(62(86)97-52-41-70(15,16)79(90)71(17,18)42-52)33-54(53)60(84)95-50-37-66(7,8)77(88)67(9,10)38-50/h32-33,47-52,75,87-90H,24-31,34-46H2,1-23H3. The van der Waals surface area contributed by atoms with E-state index in [4.69, 9.17) is 33.3 Å². The van der Waals surface area contributed by atoms with Crippen molar-refractivity contribution in [3.63, 3.8) is 0 Å². The summed E-state index contributed by atoms with van der Waals surface area (Å²) in [6.45, 7) is 44.2. The van der Waals surface area contributed by atoms with E-state index in [-0.39, 0.29) is 98.0 Å². The lowest BCUT2D eigenvalue weighted by Crippen LogP contribution is -2.66. The average molecular weight is 1370 g/mol. The van der Waals surface area contributed by atoms with Gasteiger partial charge in [-0.25, -0.2) is 19.2 Å². The van der Waals surface area contributed by atoms with Crippen LogP contribution in [0.3, 0.4) is 0 Å². The molecule has 0 saturated carbocycles. The van der Waals surface area contributed by atoms with Crippen molar-refractivity contribution in [2.75, 3.05) is 6.61 Å². The molecule has 6 saturated heterocycles. The number of rotatable bonds is 22. The second-order valence-corrected chi connectivity index (χ2v) is 36.9. The van der Waals surface area contributed by atoms with E-state index in [0.29, 0.717) is 51.4 Å². The normalized spacial score (nSPS) is 27.5. The molecule has 1 aromatic rings. The number of unbranched alkanes of at least 4 members (excludes halogenated alkanes) is 5. The van der Waals surface area contributed by atoms with Crippen LogP contribution < -0.4 is 5.32 Å². The maximum atomic E-state index is 15.3. The van der Waals surface area contributed by atoms with Crippen LogP contribution >= 0.6 is 0 Å². The fourth-order valence-corrected chi connectivity index (χ4v) is 18.0. The largest absolute Gasteiger partial charge is 0.462 e. The second kappa shape index (κ2) is 28.8. The van der Waals surface area contributed by atoms with Gasteiger partial charge in [0, 0.05) is 156 Å². The molecule has 0 bridgehead atoms. The molecule has 2 atom stereocenters. The number of hydroxylamine groups is 10. The Morgan fingerprint density at radius 2 is 0.567 bits per heavy atom. The van der Waals surface area contributed by atoms with E-state index in [9.17, 15) is 35.2 Å². The van der Waals surface area contributed by atoms with Gasteiger partial charge in [-0.15, -0.1) is 0 Å². The predicted molar refractivity (Wildman–Crippen MR) is 364 cm³/mol. The van der Waals surface area contributed by atoms with Crippen LogP contribution in [0.1, 0.15) is 329 Å². The quantitative estimate of drug-likeness (QED) is 0.0410. The first-order chi connectivity index (χ1) is 44.1. The van der Waals surface area contributed by atoms with Crippen molar-refractivity contribution in [2.24, 2.45) is 0 Å². The highest BCUT2D eigenvalue weighted by Crippen LogP contribution is 2.45. The Balaban J connectivity index is 1.04. The van der Waals surface area contributed by atoms with Crippen molar-refractivity contribution in [3.05, 3.63) is 34.4 Å². The van der Waals surface area contributed by atoms with Crippen LogP contribution in [0, 0.1) is 0 Å². The van der Waals surface area contributed by atoms with E-state index < -0.39 is 115 Å². The van der Waals surface area contributed by atoms with E-state index in [1.54, 1.807) is 0 Å². The van der Waals surface area contributed by atoms with Crippen molar-refractivity contribution >= 4 is 35.8 Å². The number of nitrogens with one attached hydrogen (secondary N) is 1. The summed E-state index contributed by atoms with van der Waals surface area (Å²) in [6.07, 6.45) is 6.19. The van der Waals surface area contributed by atoms with Gasteiger partial charge in [-0.3, -0.25) is 14.4 Å². The molecule has 0 radical (unpaired) electrons. The smallest absolute Gasteiger partial charge is 0.339 e. The number of benzene rings is 1. The number of piperidine rings is 6. The van der Waals surface area contributed by atoms with Crippen molar-refractivity contribution in [1.29, 1.82) is 0 Å². The highest BCUT2D eigenvalue weighted by Gasteiger charge is 2.54. The summed E-state index contributed by atoms with van der Waals surface area (Å²) < 4.78 is 37.4. The summed E-state index contributed by atoms with van der Waals surface area (Å²) in [5, 5.41) is 55.1. The van der Waals surface area contributed by atoms with Gasteiger partial charge in [-0.2, -0.15) is 25.3 Å². The van der Waals surface area contributed by atoms with E-state index in [1.165, 1.54) is 26.3 Å². The van der Waals surface area contributed by atoms with Gasteiger partial charge in [0.05, 0.1) is 28.9 Å². The lowest BCUT2D eigenvalue weighted by atomic mass is 9.79. The fraction of sp³-hybridized carbons (Fsp3) is 0.838. The summed E-state index contributed by atoms with van der Waals surface area (Å²) in [7, 11) is 0. The number of esters is 6. The lowest BCUT2D eigenvalue weighted by Gasteiger charge is -2.55. The van der Waals surface area contributed by atoms with Crippen molar-refractivity contribution in [3.8, 4) is 0 Å². The molecule has 0 spiro atoms. The zero-order chi connectivity index (χ0) is 73.0. The van der Waals surface area contributed by atoms with Crippen LogP contribution in [0.4, 0.5) is 0 Å². The minimum absolute atomic E-state index is 0.145. The van der Waals surface area contributed by atoms with E-state index >= 15 is 14.4 Å². The third kappa shape index (κ3) is 19.4. The Labute approximate surface area is 578 Å². The monoisotopic (exact) mass is 1370 g/mol. The molecule has 0 aliphatic carbocycles. The Kier molecular flexibility index (Phi) is 23.7. The van der Waals surface area contributed by atoms with Gasteiger partial charge < -0.3 is 54.6 Å². The van der Waals surface area contributed by atoms with Crippen molar-refractivity contribution in [2.45, 2.75) is 391 Å².